The second-order valence-corrected chi connectivity index (χ2v) is 9.61. The summed E-state index contributed by atoms with van der Waals surface area (Å²) in [5.74, 6) is 2.21. The second-order valence-electron chi connectivity index (χ2n) is 9.61. The van der Waals surface area contributed by atoms with Gasteiger partial charge in [-0.25, -0.2) is 4.79 Å². The predicted octanol–water partition coefficient (Wildman–Crippen LogP) is 4.37. The predicted molar refractivity (Wildman–Crippen MR) is 94.7 cm³/mol. The fourth-order valence-corrected chi connectivity index (χ4v) is 7.48. The lowest BCUT2D eigenvalue weighted by Gasteiger charge is -2.58. The maximum Gasteiger partial charge on any atom is 0.331 e. The van der Waals surface area contributed by atoms with E-state index >= 15 is 0 Å². The molecule has 1 heterocycles. The molecule has 0 N–H and O–H groups in total. The summed E-state index contributed by atoms with van der Waals surface area (Å²) >= 11 is 0. The van der Waals surface area contributed by atoms with Gasteiger partial charge in [0.2, 0.25) is 0 Å². The summed E-state index contributed by atoms with van der Waals surface area (Å²) in [6.45, 7) is 4.80. The fraction of sp³-hybridized carbons (Fsp3) is 0.727. The number of fused-ring (bicyclic) bond motifs is 6. The van der Waals surface area contributed by atoms with Crippen molar-refractivity contribution in [2.24, 2.45) is 28.6 Å². The smallest absolute Gasteiger partial charge is 0.331 e. The van der Waals surface area contributed by atoms with Crippen molar-refractivity contribution in [3.8, 4) is 0 Å². The Hall–Kier alpha value is -1.38. The van der Waals surface area contributed by atoms with Crippen LogP contribution in [0.4, 0.5) is 0 Å². The van der Waals surface area contributed by atoms with Gasteiger partial charge in [-0.15, -0.1) is 0 Å². The largest absolute Gasteiger partial charge is 0.451 e. The van der Waals surface area contributed by atoms with Crippen molar-refractivity contribution in [2.75, 3.05) is 0 Å². The van der Waals surface area contributed by atoms with Crippen LogP contribution in [0, 0.1) is 28.6 Å². The Morgan fingerprint density at radius 2 is 1.80 bits per heavy atom. The molecule has 1 aliphatic heterocycles. The molecule has 3 saturated carbocycles. The molecule has 0 aromatic carbocycles. The first-order chi connectivity index (χ1) is 11.9. The van der Waals surface area contributed by atoms with Gasteiger partial charge in [0.25, 0.3) is 0 Å². The number of hydrogen-bond donors (Lipinski definition) is 0. The van der Waals surface area contributed by atoms with Gasteiger partial charge in [0.05, 0.1) is 0 Å². The molecule has 5 rings (SSSR count). The summed E-state index contributed by atoms with van der Waals surface area (Å²) in [7, 11) is 0. The Morgan fingerprint density at radius 1 is 1.00 bits per heavy atom. The van der Waals surface area contributed by atoms with Crippen LogP contribution >= 0.6 is 0 Å². The first kappa shape index (κ1) is 15.8. The highest BCUT2D eigenvalue weighted by molar-refractivity contribution is 5.91. The average molecular weight is 340 g/mol. The molecule has 4 aliphatic carbocycles. The molecule has 0 bridgehead atoms. The Balaban J connectivity index is 1.50. The maximum absolute atomic E-state index is 11.9. The molecule has 0 saturated heterocycles. The normalized spacial score (nSPS) is 51.0. The van der Waals surface area contributed by atoms with E-state index in [-0.39, 0.29) is 22.4 Å². The zero-order valence-electron chi connectivity index (χ0n) is 15.3. The average Bonchev–Trinajstić information content (AvgIpc) is 3.10. The number of hydrogen-bond acceptors (Lipinski definition) is 3. The van der Waals surface area contributed by atoms with E-state index in [0.717, 1.165) is 32.1 Å². The molecule has 6 atom stereocenters. The van der Waals surface area contributed by atoms with Crippen molar-refractivity contribution in [2.45, 2.75) is 70.8 Å². The molecule has 0 aromatic rings. The maximum atomic E-state index is 11.9. The number of carbonyl (C=O) groups excluding carboxylic acids is 2. The van der Waals surface area contributed by atoms with Crippen LogP contribution in [0.2, 0.25) is 0 Å². The van der Waals surface area contributed by atoms with Crippen LogP contribution in [0.5, 0.6) is 0 Å². The number of esters is 1. The molecule has 25 heavy (non-hydrogen) atoms. The fourth-order valence-electron chi connectivity index (χ4n) is 7.48. The summed E-state index contributed by atoms with van der Waals surface area (Å²) in [4.78, 5) is 23.7. The van der Waals surface area contributed by atoms with E-state index in [1.807, 2.05) is 6.08 Å². The minimum absolute atomic E-state index is 0.0822. The van der Waals surface area contributed by atoms with Gasteiger partial charge in [0.1, 0.15) is 5.60 Å². The summed E-state index contributed by atoms with van der Waals surface area (Å²) < 4.78 is 5.90. The first-order valence-corrected chi connectivity index (χ1v) is 10.0. The molecule has 0 amide bonds. The monoisotopic (exact) mass is 340 g/mol. The Morgan fingerprint density at radius 3 is 2.56 bits per heavy atom. The van der Waals surface area contributed by atoms with Crippen LogP contribution in [0.15, 0.2) is 23.8 Å². The number of allylic oxidation sites excluding steroid dienone is 1. The zero-order chi connectivity index (χ0) is 17.4. The quantitative estimate of drug-likeness (QED) is 0.615. The van der Waals surface area contributed by atoms with Crippen molar-refractivity contribution >= 4 is 11.8 Å². The van der Waals surface area contributed by atoms with Gasteiger partial charge in [-0.05, 0) is 80.3 Å². The molecule has 0 aromatic heterocycles. The van der Waals surface area contributed by atoms with Crippen LogP contribution < -0.4 is 0 Å². The van der Waals surface area contributed by atoms with E-state index in [2.05, 4.69) is 19.9 Å². The van der Waals surface area contributed by atoms with Gasteiger partial charge >= 0.3 is 5.97 Å². The van der Waals surface area contributed by atoms with Crippen molar-refractivity contribution in [1.29, 1.82) is 0 Å². The Kier molecular flexibility index (Phi) is 3.08. The van der Waals surface area contributed by atoms with E-state index in [0.29, 0.717) is 23.5 Å². The van der Waals surface area contributed by atoms with Crippen LogP contribution in [0.25, 0.3) is 0 Å². The van der Waals surface area contributed by atoms with E-state index in [4.69, 9.17) is 4.74 Å². The van der Waals surface area contributed by atoms with Crippen molar-refractivity contribution < 1.29 is 14.3 Å². The number of carbonyl (C=O) groups is 2. The number of rotatable bonds is 0. The third kappa shape index (κ3) is 1.88. The first-order valence-electron chi connectivity index (χ1n) is 10.0. The SMILES string of the molecule is C[C@]12CCC(=O)C=C1CC[C@H]1[C@H]2CC[C@@]2(C)[C@@H]1CC[C@@]21C=CC(=O)O1. The van der Waals surface area contributed by atoms with Gasteiger partial charge in [-0.1, -0.05) is 19.4 Å². The molecular formula is C22H28O3. The lowest BCUT2D eigenvalue weighted by Crippen LogP contribution is -2.54. The Bertz CT molecular complexity index is 719. The standard InChI is InChI=1S/C22H28O3/c1-20-9-5-15(23)13-14(20)3-4-16-17(20)6-10-21(2)18(16)7-11-22(21)12-8-19(24)25-22/h8,12-13,16-18H,3-7,9-11H2,1-2H3/t16-,17+,18+,20-,21-,22+/m0/s1. The van der Waals surface area contributed by atoms with Gasteiger partial charge in [-0.2, -0.15) is 0 Å². The van der Waals surface area contributed by atoms with E-state index in [1.165, 1.54) is 24.8 Å². The lowest BCUT2D eigenvalue weighted by atomic mass is 9.46. The van der Waals surface area contributed by atoms with E-state index in [9.17, 15) is 9.59 Å². The molecule has 134 valence electrons. The van der Waals surface area contributed by atoms with Crippen LogP contribution in [-0.2, 0) is 14.3 Å². The van der Waals surface area contributed by atoms with E-state index < -0.39 is 0 Å². The second kappa shape index (κ2) is 4.86. The van der Waals surface area contributed by atoms with Crippen molar-refractivity contribution in [3.05, 3.63) is 23.8 Å². The highest BCUT2D eigenvalue weighted by atomic mass is 16.6. The number of ether oxygens (including phenoxy) is 1. The summed E-state index contributed by atoms with van der Waals surface area (Å²) in [6.07, 6.45) is 14.2. The van der Waals surface area contributed by atoms with Crippen LogP contribution in [0.3, 0.4) is 0 Å². The molecule has 0 unspecified atom stereocenters. The molecule has 0 radical (unpaired) electrons. The minimum Gasteiger partial charge on any atom is -0.451 e. The molecule has 3 fully saturated rings. The molecule has 5 aliphatic rings. The molecule has 3 heteroatoms. The van der Waals surface area contributed by atoms with Gasteiger partial charge < -0.3 is 4.74 Å². The topological polar surface area (TPSA) is 43.4 Å². The zero-order valence-corrected chi connectivity index (χ0v) is 15.3. The number of ketones is 1. The van der Waals surface area contributed by atoms with E-state index in [1.54, 1.807) is 6.08 Å². The van der Waals surface area contributed by atoms with Crippen LogP contribution in [-0.4, -0.2) is 17.4 Å². The summed E-state index contributed by atoms with van der Waals surface area (Å²) in [5.41, 5.74) is 1.38. The highest BCUT2D eigenvalue weighted by Crippen LogP contribution is 2.68. The molecular weight excluding hydrogens is 312 g/mol. The van der Waals surface area contributed by atoms with Gasteiger partial charge in [0, 0.05) is 17.9 Å². The molecule has 3 nitrogen and oxygen atoms in total. The third-order valence-corrected chi connectivity index (χ3v) is 8.92. The summed E-state index contributed by atoms with van der Waals surface area (Å²) in [5, 5.41) is 0. The minimum atomic E-state index is -0.348. The third-order valence-electron chi connectivity index (χ3n) is 8.92. The van der Waals surface area contributed by atoms with Gasteiger partial charge in [0.15, 0.2) is 5.78 Å². The highest BCUT2D eigenvalue weighted by Gasteiger charge is 2.66. The van der Waals surface area contributed by atoms with Crippen molar-refractivity contribution in [1.82, 2.24) is 0 Å². The molecule has 1 spiro atoms. The van der Waals surface area contributed by atoms with Crippen LogP contribution in [0.1, 0.15) is 65.2 Å². The van der Waals surface area contributed by atoms with Crippen molar-refractivity contribution in [3.63, 3.8) is 0 Å². The Labute approximate surface area is 149 Å². The summed E-state index contributed by atoms with van der Waals surface area (Å²) in [6, 6.07) is 0. The van der Waals surface area contributed by atoms with Gasteiger partial charge in [-0.3, -0.25) is 4.79 Å². The lowest BCUT2D eigenvalue weighted by molar-refractivity contribution is -0.162.